The van der Waals surface area contributed by atoms with Crippen LogP contribution in [0.2, 0.25) is 0 Å². The average Bonchev–Trinajstić information content (AvgIpc) is 3.14. The molecule has 1 heterocycles. The van der Waals surface area contributed by atoms with E-state index >= 15 is 0 Å². The molecule has 2 fully saturated rings. The summed E-state index contributed by atoms with van der Waals surface area (Å²) in [4.78, 5) is 11.1. The molecule has 0 bridgehead atoms. The molecule has 2 aliphatic carbocycles. The number of fused-ring (bicyclic) bond motifs is 1. The Labute approximate surface area is 132 Å². The van der Waals surface area contributed by atoms with Crippen LogP contribution in [-0.2, 0) is 9.53 Å². The smallest absolute Gasteiger partial charge is 0.305 e. The van der Waals surface area contributed by atoms with Crippen LogP contribution in [0, 0.1) is 17.8 Å². The Hall–Kier alpha value is -1.51. The number of allylic oxidation sites excluding steroid dienone is 2. The van der Waals surface area contributed by atoms with Gasteiger partial charge < -0.3 is 10.2 Å². The number of carbonyl (C=O) groups is 1. The lowest BCUT2D eigenvalue weighted by atomic mass is 9.77. The summed E-state index contributed by atoms with van der Waals surface area (Å²) >= 11 is 0. The van der Waals surface area contributed by atoms with E-state index in [2.05, 4.69) is 33.5 Å². The highest BCUT2D eigenvalue weighted by atomic mass is 16.5. The Balaban J connectivity index is 1.67. The van der Waals surface area contributed by atoms with E-state index in [0.29, 0.717) is 24.8 Å². The van der Waals surface area contributed by atoms with Gasteiger partial charge >= 0.3 is 5.97 Å². The standard InChI is InChI=1S/C18H26N2O2/c1-22-17(21)10-6-5-9-15-18-14(11-12-16(18)20-19-15)13-7-3-2-4-8-13/h3,5,7,13-14,16,18-20H,2,4,6,8,10-12H2,1H3. The van der Waals surface area contributed by atoms with Gasteiger partial charge in [-0.1, -0.05) is 12.2 Å². The SMILES string of the molecule is COC(=O)CCC=C=C1NNC2CCC(C3C=CCCC3)C12. The van der Waals surface area contributed by atoms with Crippen molar-refractivity contribution < 1.29 is 9.53 Å². The molecule has 120 valence electrons. The molecule has 3 aliphatic rings. The molecule has 2 N–H and O–H groups in total. The highest BCUT2D eigenvalue weighted by Crippen LogP contribution is 2.45. The minimum atomic E-state index is -0.162. The molecule has 0 aromatic rings. The van der Waals surface area contributed by atoms with Crippen LogP contribution in [-0.4, -0.2) is 19.1 Å². The molecule has 22 heavy (non-hydrogen) atoms. The Morgan fingerprint density at radius 1 is 1.45 bits per heavy atom. The maximum absolute atomic E-state index is 11.1. The first-order valence-corrected chi connectivity index (χ1v) is 8.49. The summed E-state index contributed by atoms with van der Waals surface area (Å²) in [5, 5.41) is 0. The second kappa shape index (κ2) is 7.17. The van der Waals surface area contributed by atoms with Gasteiger partial charge in [0.05, 0.1) is 12.8 Å². The molecule has 1 saturated carbocycles. The molecule has 4 atom stereocenters. The van der Waals surface area contributed by atoms with Gasteiger partial charge in [0.2, 0.25) is 0 Å². The number of nitrogens with one attached hydrogen (secondary N) is 2. The van der Waals surface area contributed by atoms with E-state index in [-0.39, 0.29) is 5.97 Å². The quantitative estimate of drug-likeness (QED) is 0.476. The van der Waals surface area contributed by atoms with Gasteiger partial charge in [0.25, 0.3) is 0 Å². The fourth-order valence-corrected chi connectivity index (χ4v) is 4.14. The van der Waals surface area contributed by atoms with Crippen LogP contribution in [0.5, 0.6) is 0 Å². The van der Waals surface area contributed by atoms with Crippen LogP contribution in [0.1, 0.15) is 44.9 Å². The van der Waals surface area contributed by atoms with Crippen molar-refractivity contribution in [3.8, 4) is 0 Å². The molecule has 4 nitrogen and oxygen atoms in total. The van der Waals surface area contributed by atoms with Crippen molar-refractivity contribution in [3.05, 3.63) is 29.7 Å². The third-order valence-corrected chi connectivity index (χ3v) is 5.25. The Morgan fingerprint density at radius 2 is 2.36 bits per heavy atom. The van der Waals surface area contributed by atoms with Crippen LogP contribution in [0.25, 0.3) is 0 Å². The Kier molecular flexibility index (Phi) is 5.01. The normalized spacial score (nSPS) is 33.0. The molecule has 1 saturated heterocycles. The van der Waals surface area contributed by atoms with E-state index in [9.17, 15) is 4.79 Å². The molecular weight excluding hydrogens is 276 g/mol. The van der Waals surface area contributed by atoms with Crippen LogP contribution >= 0.6 is 0 Å². The zero-order valence-electron chi connectivity index (χ0n) is 13.3. The second-order valence-corrected chi connectivity index (χ2v) is 6.54. The summed E-state index contributed by atoms with van der Waals surface area (Å²) in [6, 6.07) is 0.539. The van der Waals surface area contributed by atoms with Gasteiger partial charge in [-0.2, -0.15) is 0 Å². The fourth-order valence-electron chi connectivity index (χ4n) is 4.14. The summed E-state index contributed by atoms with van der Waals surface area (Å²) in [5.41, 5.74) is 11.3. The summed E-state index contributed by atoms with van der Waals surface area (Å²) in [6.45, 7) is 0. The minimum absolute atomic E-state index is 0.162. The van der Waals surface area contributed by atoms with Crippen molar-refractivity contribution in [3.63, 3.8) is 0 Å². The van der Waals surface area contributed by atoms with Crippen molar-refractivity contribution >= 4 is 5.97 Å². The predicted octanol–water partition coefficient (Wildman–Crippen LogP) is 2.84. The zero-order valence-corrected chi connectivity index (χ0v) is 13.3. The van der Waals surface area contributed by atoms with Gasteiger partial charge in [-0.3, -0.25) is 4.79 Å². The lowest BCUT2D eigenvalue weighted by molar-refractivity contribution is -0.140. The summed E-state index contributed by atoms with van der Waals surface area (Å²) < 4.78 is 4.66. The van der Waals surface area contributed by atoms with Gasteiger partial charge in [-0.25, -0.2) is 5.43 Å². The van der Waals surface area contributed by atoms with E-state index in [1.165, 1.54) is 44.9 Å². The molecule has 0 spiro atoms. The first kappa shape index (κ1) is 15.4. The number of hydrogen-bond donors (Lipinski definition) is 2. The number of rotatable bonds is 4. The lowest BCUT2D eigenvalue weighted by Gasteiger charge is -2.27. The van der Waals surface area contributed by atoms with Gasteiger partial charge in [0.15, 0.2) is 0 Å². The second-order valence-electron chi connectivity index (χ2n) is 6.54. The fraction of sp³-hybridized carbons (Fsp3) is 0.667. The van der Waals surface area contributed by atoms with E-state index in [1.54, 1.807) is 0 Å². The van der Waals surface area contributed by atoms with Crippen LogP contribution in [0.4, 0.5) is 0 Å². The van der Waals surface area contributed by atoms with Gasteiger partial charge in [-0.05, 0) is 56.4 Å². The predicted molar refractivity (Wildman–Crippen MR) is 85.6 cm³/mol. The topological polar surface area (TPSA) is 50.4 Å². The van der Waals surface area contributed by atoms with Gasteiger partial charge in [0, 0.05) is 18.4 Å². The van der Waals surface area contributed by atoms with Gasteiger partial charge in [0.1, 0.15) is 0 Å². The van der Waals surface area contributed by atoms with Crippen molar-refractivity contribution in [2.75, 3.05) is 7.11 Å². The zero-order chi connectivity index (χ0) is 15.4. The van der Waals surface area contributed by atoms with Crippen LogP contribution in [0.3, 0.4) is 0 Å². The molecule has 0 aromatic heterocycles. The third-order valence-electron chi connectivity index (χ3n) is 5.25. The highest BCUT2D eigenvalue weighted by molar-refractivity contribution is 5.69. The average molecular weight is 302 g/mol. The number of hydrogen-bond acceptors (Lipinski definition) is 4. The maximum atomic E-state index is 11.1. The first-order chi connectivity index (χ1) is 10.8. The molecule has 1 aliphatic heterocycles. The van der Waals surface area contributed by atoms with Crippen LogP contribution < -0.4 is 10.9 Å². The summed E-state index contributed by atoms with van der Waals surface area (Å²) in [7, 11) is 1.43. The monoisotopic (exact) mass is 302 g/mol. The number of esters is 1. The summed E-state index contributed by atoms with van der Waals surface area (Å²) in [5.74, 6) is 1.82. The molecule has 0 aromatic carbocycles. The highest BCUT2D eigenvalue weighted by Gasteiger charge is 2.45. The Morgan fingerprint density at radius 3 is 3.14 bits per heavy atom. The summed E-state index contributed by atoms with van der Waals surface area (Å²) in [6.07, 6.45) is 14.3. The van der Waals surface area contributed by atoms with Crippen molar-refractivity contribution in [1.82, 2.24) is 10.9 Å². The van der Waals surface area contributed by atoms with E-state index < -0.39 is 0 Å². The molecule has 0 radical (unpaired) electrons. The number of carbonyl (C=O) groups excluding carboxylic acids is 1. The Bertz CT molecular complexity index is 505. The van der Waals surface area contributed by atoms with Crippen molar-refractivity contribution in [1.29, 1.82) is 0 Å². The van der Waals surface area contributed by atoms with Crippen molar-refractivity contribution in [2.24, 2.45) is 17.8 Å². The number of hydrazine groups is 1. The van der Waals surface area contributed by atoms with E-state index in [0.717, 1.165) is 11.8 Å². The lowest BCUT2D eigenvalue weighted by Crippen LogP contribution is -2.29. The molecule has 4 unspecified atom stereocenters. The number of ether oxygens (including phenoxy) is 1. The van der Waals surface area contributed by atoms with Gasteiger partial charge in [-0.15, -0.1) is 5.73 Å². The van der Waals surface area contributed by atoms with E-state index in [4.69, 9.17) is 0 Å². The third kappa shape index (κ3) is 3.29. The molecule has 3 rings (SSSR count). The maximum Gasteiger partial charge on any atom is 0.305 e. The van der Waals surface area contributed by atoms with E-state index in [1.807, 2.05) is 6.08 Å². The van der Waals surface area contributed by atoms with Crippen LogP contribution in [0.15, 0.2) is 29.7 Å². The van der Waals surface area contributed by atoms with Crippen molar-refractivity contribution in [2.45, 2.75) is 51.0 Å². The molecule has 4 heteroatoms. The molecule has 0 amide bonds. The minimum Gasteiger partial charge on any atom is -0.469 e. The first-order valence-electron chi connectivity index (χ1n) is 8.49. The molecular formula is C18H26N2O2. The largest absolute Gasteiger partial charge is 0.469 e. The number of methoxy groups -OCH3 is 1.